The molecule has 0 rings (SSSR count). The van der Waals surface area contributed by atoms with Crippen LogP contribution in [-0.4, -0.2) is 38.5 Å². The van der Waals surface area contributed by atoms with Crippen LogP contribution in [-0.2, 0) is 4.79 Å². The number of unbranched alkanes of at least 4 members (excludes halogenated alkanes) is 3. The standard InChI is InChI=1S/C15H32N4O/c1-6-8-9-10-11-18-14(16-5)19-12-15(3,4)13(20)17-7-2/h6-12H2,1-5H3,(H,17,20)(H2,16,18,19). The molecule has 5 nitrogen and oxygen atoms in total. The maximum Gasteiger partial charge on any atom is 0.227 e. The maximum absolute atomic E-state index is 11.9. The molecule has 5 heteroatoms. The molecule has 0 aliphatic rings. The Hall–Kier alpha value is -1.26. The fraction of sp³-hybridized carbons (Fsp3) is 0.867. The highest BCUT2D eigenvalue weighted by Gasteiger charge is 2.27. The number of aliphatic imine (C=N–C) groups is 1. The normalized spacial score (nSPS) is 12.2. The van der Waals surface area contributed by atoms with Crippen molar-refractivity contribution in [3.63, 3.8) is 0 Å². The maximum atomic E-state index is 11.9. The summed E-state index contributed by atoms with van der Waals surface area (Å²) in [7, 11) is 1.75. The molecule has 0 bridgehead atoms. The van der Waals surface area contributed by atoms with Gasteiger partial charge in [0.25, 0.3) is 0 Å². The van der Waals surface area contributed by atoms with Crippen LogP contribution < -0.4 is 16.0 Å². The molecule has 0 saturated carbocycles. The predicted octanol–water partition coefficient (Wildman–Crippen LogP) is 1.89. The zero-order valence-electron chi connectivity index (χ0n) is 13.8. The van der Waals surface area contributed by atoms with E-state index in [1.165, 1.54) is 19.3 Å². The van der Waals surface area contributed by atoms with Gasteiger partial charge in [-0.1, -0.05) is 26.2 Å². The van der Waals surface area contributed by atoms with Crippen molar-refractivity contribution in [3.8, 4) is 0 Å². The number of amides is 1. The second kappa shape index (κ2) is 10.5. The van der Waals surface area contributed by atoms with Gasteiger partial charge in [0.2, 0.25) is 5.91 Å². The number of carbonyl (C=O) groups excluding carboxylic acids is 1. The second-order valence-electron chi connectivity index (χ2n) is 5.66. The molecule has 1 amide bonds. The summed E-state index contributed by atoms with van der Waals surface area (Å²) >= 11 is 0. The lowest BCUT2D eigenvalue weighted by atomic mass is 9.92. The number of hydrogen-bond donors (Lipinski definition) is 3. The summed E-state index contributed by atoms with van der Waals surface area (Å²) in [6.07, 6.45) is 4.91. The third-order valence-corrected chi connectivity index (χ3v) is 3.20. The van der Waals surface area contributed by atoms with E-state index in [4.69, 9.17) is 0 Å². The third kappa shape index (κ3) is 8.02. The number of guanidine groups is 1. The molecule has 0 radical (unpaired) electrons. The van der Waals surface area contributed by atoms with Gasteiger partial charge in [0.05, 0.1) is 5.41 Å². The number of nitrogens with one attached hydrogen (secondary N) is 3. The molecule has 0 aromatic heterocycles. The van der Waals surface area contributed by atoms with Gasteiger partial charge in [-0.3, -0.25) is 9.79 Å². The van der Waals surface area contributed by atoms with Gasteiger partial charge in [-0.15, -0.1) is 0 Å². The fourth-order valence-corrected chi connectivity index (χ4v) is 1.76. The van der Waals surface area contributed by atoms with Crippen molar-refractivity contribution in [2.45, 2.75) is 53.4 Å². The van der Waals surface area contributed by atoms with Gasteiger partial charge >= 0.3 is 0 Å². The van der Waals surface area contributed by atoms with Crippen LogP contribution in [0.15, 0.2) is 4.99 Å². The zero-order chi connectivity index (χ0) is 15.4. The van der Waals surface area contributed by atoms with Crippen LogP contribution in [0.5, 0.6) is 0 Å². The quantitative estimate of drug-likeness (QED) is 0.344. The Morgan fingerprint density at radius 1 is 1.05 bits per heavy atom. The summed E-state index contributed by atoms with van der Waals surface area (Å²) in [6, 6.07) is 0. The van der Waals surface area contributed by atoms with Crippen LogP contribution in [0.1, 0.15) is 53.4 Å². The Labute approximate surface area is 124 Å². The first-order valence-corrected chi connectivity index (χ1v) is 7.70. The molecular weight excluding hydrogens is 252 g/mol. The van der Waals surface area contributed by atoms with Gasteiger partial charge in [-0.2, -0.15) is 0 Å². The molecule has 0 atom stereocenters. The van der Waals surface area contributed by atoms with E-state index >= 15 is 0 Å². The van der Waals surface area contributed by atoms with Crippen molar-refractivity contribution < 1.29 is 4.79 Å². The van der Waals surface area contributed by atoms with E-state index in [0.29, 0.717) is 13.1 Å². The first-order valence-electron chi connectivity index (χ1n) is 7.70. The Bertz CT molecular complexity index is 300. The summed E-state index contributed by atoms with van der Waals surface area (Å²) in [4.78, 5) is 16.1. The summed E-state index contributed by atoms with van der Waals surface area (Å²) in [5.41, 5.74) is -0.449. The van der Waals surface area contributed by atoms with Crippen LogP contribution in [0.3, 0.4) is 0 Å². The lowest BCUT2D eigenvalue weighted by Crippen LogP contribution is -2.48. The van der Waals surface area contributed by atoms with Crippen molar-refractivity contribution in [3.05, 3.63) is 0 Å². The topological polar surface area (TPSA) is 65.5 Å². The molecule has 0 aliphatic carbocycles. The molecular formula is C15H32N4O. The third-order valence-electron chi connectivity index (χ3n) is 3.20. The molecule has 3 N–H and O–H groups in total. The molecule has 0 aliphatic heterocycles. The van der Waals surface area contributed by atoms with Crippen LogP contribution >= 0.6 is 0 Å². The molecule has 0 spiro atoms. The molecule has 20 heavy (non-hydrogen) atoms. The van der Waals surface area contributed by atoms with Gasteiger partial charge in [0.15, 0.2) is 5.96 Å². The van der Waals surface area contributed by atoms with Gasteiger partial charge in [-0.25, -0.2) is 0 Å². The number of rotatable bonds is 9. The van der Waals surface area contributed by atoms with E-state index in [1.807, 2.05) is 20.8 Å². The van der Waals surface area contributed by atoms with Crippen molar-refractivity contribution >= 4 is 11.9 Å². The lowest BCUT2D eigenvalue weighted by molar-refractivity contribution is -0.128. The molecule has 0 aromatic carbocycles. The SMILES string of the molecule is CCCCCCNC(=NC)NCC(C)(C)C(=O)NCC. The van der Waals surface area contributed by atoms with E-state index < -0.39 is 5.41 Å². The van der Waals surface area contributed by atoms with Crippen molar-refractivity contribution in [2.75, 3.05) is 26.7 Å². The van der Waals surface area contributed by atoms with Crippen molar-refractivity contribution in [2.24, 2.45) is 10.4 Å². The highest BCUT2D eigenvalue weighted by Crippen LogP contribution is 2.13. The fourth-order valence-electron chi connectivity index (χ4n) is 1.76. The molecule has 0 unspecified atom stereocenters. The van der Waals surface area contributed by atoms with E-state index in [-0.39, 0.29) is 5.91 Å². The van der Waals surface area contributed by atoms with Crippen LogP contribution in [0.25, 0.3) is 0 Å². The average Bonchev–Trinajstić information content (AvgIpc) is 2.42. The highest BCUT2D eigenvalue weighted by molar-refractivity contribution is 5.84. The minimum Gasteiger partial charge on any atom is -0.356 e. The van der Waals surface area contributed by atoms with E-state index in [0.717, 1.165) is 18.9 Å². The van der Waals surface area contributed by atoms with Crippen molar-refractivity contribution in [1.82, 2.24) is 16.0 Å². The average molecular weight is 284 g/mol. The Balaban J connectivity index is 4.03. The monoisotopic (exact) mass is 284 g/mol. The van der Waals surface area contributed by atoms with Crippen LogP contribution in [0, 0.1) is 5.41 Å². The van der Waals surface area contributed by atoms with Crippen molar-refractivity contribution in [1.29, 1.82) is 0 Å². The van der Waals surface area contributed by atoms with Gasteiger partial charge in [0, 0.05) is 26.7 Å². The van der Waals surface area contributed by atoms with Crippen LogP contribution in [0.2, 0.25) is 0 Å². The van der Waals surface area contributed by atoms with E-state index in [1.54, 1.807) is 7.05 Å². The predicted molar refractivity (Wildman–Crippen MR) is 86.0 cm³/mol. The molecule has 0 saturated heterocycles. The molecule has 118 valence electrons. The number of carbonyl (C=O) groups is 1. The Kier molecular flexibility index (Phi) is 9.86. The Morgan fingerprint density at radius 2 is 1.75 bits per heavy atom. The summed E-state index contributed by atoms with van der Waals surface area (Å²) in [5.74, 6) is 0.824. The largest absolute Gasteiger partial charge is 0.356 e. The highest BCUT2D eigenvalue weighted by atomic mass is 16.2. The molecule has 0 aromatic rings. The van der Waals surface area contributed by atoms with Gasteiger partial charge in [0.1, 0.15) is 0 Å². The second-order valence-corrected chi connectivity index (χ2v) is 5.66. The minimum absolute atomic E-state index is 0.0610. The van der Waals surface area contributed by atoms with Gasteiger partial charge < -0.3 is 16.0 Å². The smallest absolute Gasteiger partial charge is 0.227 e. The summed E-state index contributed by atoms with van der Waals surface area (Å²) in [6.45, 7) is 10.1. The summed E-state index contributed by atoms with van der Waals surface area (Å²) in [5, 5.41) is 9.35. The number of hydrogen-bond acceptors (Lipinski definition) is 2. The van der Waals surface area contributed by atoms with Crippen LogP contribution in [0.4, 0.5) is 0 Å². The number of nitrogens with zero attached hydrogens (tertiary/aromatic N) is 1. The lowest BCUT2D eigenvalue weighted by Gasteiger charge is -2.24. The Morgan fingerprint density at radius 3 is 2.30 bits per heavy atom. The minimum atomic E-state index is -0.449. The van der Waals surface area contributed by atoms with E-state index in [2.05, 4.69) is 27.9 Å². The first kappa shape index (κ1) is 18.7. The molecule has 0 fully saturated rings. The summed E-state index contributed by atoms with van der Waals surface area (Å²) < 4.78 is 0. The van der Waals surface area contributed by atoms with Gasteiger partial charge in [-0.05, 0) is 27.2 Å². The molecule has 0 heterocycles. The first-order chi connectivity index (χ1) is 9.47. The van der Waals surface area contributed by atoms with E-state index in [9.17, 15) is 4.79 Å². The zero-order valence-corrected chi connectivity index (χ0v) is 13.8.